The van der Waals surface area contributed by atoms with Crippen molar-refractivity contribution in [3.8, 4) is 0 Å². The van der Waals surface area contributed by atoms with Gasteiger partial charge in [0.1, 0.15) is 0 Å². The van der Waals surface area contributed by atoms with Crippen LogP contribution in [-0.2, 0) is 16.1 Å². The first-order valence-corrected chi connectivity index (χ1v) is 6.81. The molecule has 0 saturated heterocycles. The molecule has 0 unspecified atom stereocenters. The van der Waals surface area contributed by atoms with Crippen LogP contribution in [0.3, 0.4) is 0 Å². The topological polar surface area (TPSA) is 124 Å². The molecule has 9 nitrogen and oxygen atoms in total. The van der Waals surface area contributed by atoms with Crippen molar-refractivity contribution in [2.24, 2.45) is 0 Å². The fraction of sp³-hybridized carbons (Fsp3) is 0.286. The van der Waals surface area contributed by atoms with E-state index in [0.29, 0.717) is 13.0 Å². The lowest BCUT2D eigenvalue weighted by Gasteiger charge is -2.27. The SMILES string of the molecule is O=C(CC1=CCCN(Cc2ccc([N+](=O)[O-])cc2)C1=O)N(O)O. The Balaban J connectivity index is 2.04. The third-order valence-electron chi connectivity index (χ3n) is 3.44. The summed E-state index contributed by atoms with van der Waals surface area (Å²) in [5.74, 6) is -1.37. The molecule has 0 atom stereocenters. The van der Waals surface area contributed by atoms with Crippen LogP contribution in [0.4, 0.5) is 5.69 Å². The van der Waals surface area contributed by atoms with Gasteiger partial charge in [0.25, 0.3) is 11.6 Å². The van der Waals surface area contributed by atoms with Gasteiger partial charge in [0.05, 0.1) is 11.3 Å². The average Bonchev–Trinajstić information content (AvgIpc) is 2.51. The minimum Gasteiger partial charge on any atom is -0.334 e. The summed E-state index contributed by atoms with van der Waals surface area (Å²) in [4.78, 5) is 35.2. The summed E-state index contributed by atoms with van der Waals surface area (Å²) >= 11 is 0. The Hall–Kier alpha value is -2.78. The van der Waals surface area contributed by atoms with Crippen LogP contribution in [0, 0.1) is 10.1 Å². The van der Waals surface area contributed by atoms with Gasteiger partial charge in [0.2, 0.25) is 5.91 Å². The van der Waals surface area contributed by atoms with Crippen LogP contribution in [0.15, 0.2) is 35.9 Å². The molecule has 0 aromatic heterocycles. The van der Waals surface area contributed by atoms with Gasteiger partial charge < -0.3 is 4.90 Å². The van der Waals surface area contributed by atoms with E-state index >= 15 is 0 Å². The molecule has 0 spiro atoms. The standard InChI is InChI=1S/C14H15N3O6/c18-13(17(22)23)8-11-2-1-7-15(14(11)19)9-10-3-5-12(6-4-10)16(20)21/h2-6,22-23H,1,7-9H2. The number of hydroxylamine groups is 2. The molecule has 2 amide bonds. The van der Waals surface area contributed by atoms with Crippen molar-refractivity contribution < 1.29 is 24.9 Å². The highest BCUT2D eigenvalue weighted by Gasteiger charge is 2.25. The van der Waals surface area contributed by atoms with Crippen molar-refractivity contribution >= 4 is 17.5 Å². The van der Waals surface area contributed by atoms with Gasteiger partial charge in [-0.15, -0.1) is 0 Å². The van der Waals surface area contributed by atoms with E-state index in [1.165, 1.54) is 17.0 Å². The summed E-state index contributed by atoms with van der Waals surface area (Å²) in [6.07, 6.45) is 1.73. The number of benzene rings is 1. The third-order valence-corrected chi connectivity index (χ3v) is 3.44. The number of nitro benzene ring substituents is 1. The van der Waals surface area contributed by atoms with Crippen LogP contribution < -0.4 is 0 Å². The van der Waals surface area contributed by atoms with Crippen LogP contribution in [0.25, 0.3) is 0 Å². The van der Waals surface area contributed by atoms with E-state index in [9.17, 15) is 19.7 Å². The molecule has 1 heterocycles. The van der Waals surface area contributed by atoms with E-state index in [-0.39, 0.29) is 23.7 Å². The van der Waals surface area contributed by atoms with Crippen LogP contribution in [-0.4, -0.2) is 43.8 Å². The zero-order chi connectivity index (χ0) is 17.0. The van der Waals surface area contributed by atoms with Crippen molar-refractivity contribution in [3.63, 3.8) is 0 Å². The molecule has 9 heteroatoms. The van der Waals surface area contributed by atoms with Crippen molar-refractivity contribution in [2.45, 2.75) is 19.4 Å². The Labute approximate surface area is 131 Å². The van der Waals surface area contributed by atoms with Gasteiger partial charge in [-0.1, -0.05) is 23.4 Å². The van der Waals surface area contributed by atoms with E-state index in [4.69, 9.17) is 10.4 Å². The molecule has 1 aliphatic heterocycles. The zero-order valence-corrected chi connectivity index (χ0v) is 12.1. The summed E-state index contributed by atoms with van der Waals surface area (Å²) in [6.45, 7) is 0.708. The Morgan fingerprint density at radius 1 is 1.30 bits per heavy atom. The molecule has 0 bridgehead atoms. The molecule has 0 saturated carbocycles. The molecule has 0 fully saturated rings. The number of non-ortho nitro benzene ring substituents is 1. The second-order valence-electron chi connectivity index (χ2n) is 5.03. The maximum Gasteiger partial charge on any atom is 0.277 e. The van der Waals surface area contributed by atoms with E-state index in [1.807, 2.05) is 0 Å². The van der Waals surface area contributed by atoms with Gasteiger partial charge in [0, 0.05) is 30.8 Å². The number of rotatable bonds is 5. The first-order valence-electron chi connectivity index (χ1n) is 6.81. The third kappa shape index (κ3) is 4.11. The minimum atomic E-state index is -0.998. The van der Waals surface area contributed by atoms with Crippen LogP contribution >= 0.6 is 0 Å². The highest BCUT2D eigenvalue weighted by Crippen LogP contribution is 2.19. The Bertz CT molecular complexity index is 653. The van der Waals surface area contributed by atoms with Gasteiger partial charge in [-0.05, 0) is 12.0 Å². The molecule has 0 aliphatic carbocycles. The zero-order valence-electron chi connectivity index (χ0n) is 12.1. The Morgan fingerprint density at radius 2 is 1.96 bits per heavy atom. The number of amides is 2. The molecule has 2 rings (SSSR count). The van der Waals surface area contributed by atoms with Gasteiger partial charge in [-0.25, -0.2) is 0 Å². The number of carbonyl (C=O) groups excluding carboxylic acids is 2. The van der Waals surface area contributed by atoms with Crippen molar-refractivity contribution in [3.05, 3.63) is 51.6 Å². The normalized spacial score (nSPS) is 14.4. The van der Waals surface area contributed by atoms with Gasteiger partial charge >= 0.3 is 0 Å². The molecule has 2 N–H and O–H groups in total. The molecule has 23 heavy (non-hydrogen) atoms. The predicted octanol–water partition coefficient (Wildman–Crippen LogP) is 1.25. The molecule has 0 radical (unpaired) electrons. The lowest BCUT2D eigenvalue weighted by atomic mass is 10.0. The van der Waals surface area contributed by atoms with Crippen molar-refractivity contribution in [1.82, 2.24) is 10.1 Å². The van der Waals surface area contributed by atoms with E-state index in [0.717, 1.165) is 5.56 Å². The average molecular weight is 321 g/mol. The lowest BCUT2D eigenvalue weighted by Crippen LogP contribution is -2.37. The molecule has 1 aliphatic rings. The molecule has 122 valence electrons. The number of hydrogen-bond donors (Lipinski definition) is 2. The molecular weight excluding hydrogens is 306 g/mol. The summed E-state index contributed by atoms with van der Waals surface area (Å²) in [5.41, 5.74) is 0.884. The highest BCUT2D eigenvalue weighted by molar-refractivity contribution is 5.98. The largest absolute Gasteiger partial charge is 0.334 e. The van der Waals surface area contributed by atoms with Gasteiger partial charge in [0.15, 0.2) is 0 Å². The Kier molecular flexibility index (Phi) is 5.04. The number of nitro groups is 1. The lowest BCUT2D eigenvalue weighted by molar-refractivity contribution is -0.384. The highest BCUT2D eigenvalue weighted by atomic mass is 16.8. The summed E-state index contributed by atoms with van der Waals surface area (Å²) in [6, 6.07) is 5.86. The van der Waals surface area contributed by atoms with Crippen molar-refractivity contribution in [2.75, 3.05) is 6.54 Å². The maximum atomic E-state index is 12.3. The van der Waals surface area contributed by atoms with Crippen LogP contribution in [0.2, 0.25) is 0 Å². The second kappa shape index (κ2) is 6.99. The first-order chi connectivity index (χ1) is 10.9. The maximum absolute atomic E-state index is 12.3. The summed E-state index contributed by atoms with van der Waals surface area (Å²) in [7, 11) is 0. The van der Waals surface area contributed by atoms with E-state index in [2.05, 4.69) is 0 Å². The molecular formula is C14H15N3O6. The van der Waals surface area contributed by atoms with E-state index in [1.54, 1.807) is 18.2 Å². The summed E-state index contributed by atoms with van der Waals surface area (Å²) < 4.78 is 0. The minimum absolute atomic E-state index is 0.0316. The molecule has 1 aromatic rings. The van der Waals surface area contributed by atoms with Crippen LogP contribution in [0.1, 0.15) is 18.4 Å². The Morgan fingerprint density at radius 3 is 2.52 bits per heavy atom. The molecule has 1 aromatic carbocycles. The van der Waals surface area contributed by atoms with Crippen molar-refractivity contribution in [1.29, 1.82) is 0 Å². The fourth-order valence-corrected chi connectivity index (χ4v) is 2.26. The number of nitrogens with zero attached hydrogens (tertiary/aromatic N) is 3. The van der Waals surface area contributed by atoms with Gasteiger partial charge in [-0.3, -0.25) is 30.1 Å². The number of hydrogen-bond acceptors (Lipinski definition) is 6. The second-order valence-corrected chi connectivity index (χ2v) is 5.03. The quantitative estimate of drug-likeness (QED) is 0.478. The van der Waals surface area contributed by atoms with Gasteiger partial charge in [-0.2, -0.15) is 0 Å². The predicted molar refractivity (Wildman–Crippen MR) is 76.2 cm³/mol. The monoisotopic (exact) mass is 321 g/mol. The van der Waals surface area contributed by atoms with Crippen LogP contribution in [0.5, 0.6) is 0 Å². The summed E-state index contributed by atoms with van der Waals surface area (Å²) in [5, 5.41) is 27.4. The van der Waals surface area contributed by atoms with E-state index < -0.39 is 22.5 Å². The fourth-order valence-electron chi connectivity index (χ4n) is 2.26. The number of carbonyl (C=O) groups is 2. The smallest absolute Gasteiger partial charge is 0.277 e. The first kappa shape index (κ1) is 16.6.